The normalized spacial score (nSPS) is 26.8. The molecule has 182 valence electrons. The third-order valence-electron chi connectivity index (χ3n) is 5.22. The number of anilines is 1. The second-order valence-electron chi connectivity index (χ2n) is 8.12. The first-order valence-electron chi connectivity index (χ1n) is 10.5. The molecule has 1 saturated heterocycles. The van der Waals surface area contributed by atoms with Gasteiger partial charge in [0.25, 0.3) is 5.91 Å². The van der Waals surface area contributed by atoms with Crippen LogP contribution < -0.4 is 10.4 Å². The van der Waals surface area contributed by atoms with Crippen LogP contribution in [-0.2, 0) is 14.4 Å². The van der Waals surface area contributed by atoms with E-state index in [0.717, 1.165) is 5.69 Å². The molecule has 1 fully saturated rings. The van der Waals surface area contributed by atoms with E-state index in [1.165, 1.54) is 12.2 Å². The SMILES string of the molecule is CC(C=CC(=O)NO[C@@H]1O[C@H](CO)[C@@H](O)[C@H](O)[C@H]1O)=C[C@H](C)C(=O)c1ccc(N(C)C)cc1. The van der Waals surface area contributed by atoms with E-state index in [9.17, 15) is 24.9 Å². The van der Waals surface area contributed by atoms with Gasteiger partial charge in [0, 0.05) is 37.3 Å². The molecule has 1 aliphatic heterocycles. The fraction of sp³-hybridized carbons (Fsp3) is 0.478. The molecule has 1 aliphatic rings. The molecule has 0 spiro atoms. The zero-order valence-corrected chi connectivity index (χ0v) is 19.1. The molecule has 0 saturated carbocycles. The first kappa shape index (κ1) is 26.7. The van der Waals surface area contributed by atoms with E-state index < -0.39 is 49.1 Å². The Morgan fingerprint density at radius 3 is 2.33 bits per heavy atom. The number of aliphatic hydroxyl groups excluding tert-OH is 4. The maximum Gasteiger partial charge on any atom is 0.267 e. The van der Waals surface area contributed by atoms with Gasteiger partial charge in [0.15, 0.2) is 5.78 Å². The smallest absolute Gasteiger partial charge is 0.267 e. The lowest BCUT2D eigenvalue weighted by Crippen LogP contribution is -2.60. The lowest BCUT2D eigenvalue weighted by Gasteiger charge is -2.38. The van der Waals surface area contributed by atoms with Crippen LogP contribution in [0.25, 0.3) is 0 Å². The largest absolute Gasteiger partial charge is 0.394 e. The van der Waals surface area contributed by atoms with E-state index in [-0.39, 0.29) is 5.78 Å². The molecule has 1 amide bonds. The monoisotopic (exact) mass is 464 g/mol. The summed E-state index contributed by atoms with van der Waals surface area (Å²) in [5.74, 6) is -1.14. The highest BCUT2D eigenvalue weighted by Gasteiger charge is 2.44. The number of carbonyl (C=O) groups excluding carboxylic acids is 2. The van der Waals surface area contributed by atoms with Crippen molar-refractivity contribution >= 4 is 17.4 Å². The predicted molar refractivity (Wildman–Crippen MR) is 120 cm³/mol. The van der Waals surface area contributed by atoms with Crippen LogP contribution >= 0.6 is 0 Å². The van der Waals surface area contributed by atoms with E-state index in [1.807, 2.05) is 31.1 Å². The summed E-state index contributed by atoms with van der Waals surface area (Å²) in [5.41, 5.74) is 4.30. The van der Waals surface area contributed by atoms with Gasteiger partial charge in [-0.1, -0.05) is 24.6 Å². The number of nitrogens with one attached hydrogen (secondary N) is 1. The second-order valence-corrected chi connectivity index (χ2v) is 8.12. The zero-order chi connectivity index (χ0) is 24.7. The van der Waals surface area contributed by atoms with Crippen molar-refractivity contribution in [2.45, 2.75) is 44.6 Å². The molecule has 1 aromatic carbocycles. The summed E-state index contributed by atoms with van der Waals surface area (Å²) in [6.07, 6.45) is -3.02. The van der Waals surface area contributed by atoms with Crippen molar-refractivity contribution in [3.63, 3.8) is 0 Å². The standard InChI is InChI=1S/C23H32N2O8/c1-13(11-14(2)19(28)15-6-8-16(9-7-15)25(3)4)5-10-18(27)24-33-23-22(31)21(30)20(29)17(12-26)32-23/h5-11,14,17,20-23,26,29-31H,12H2,1-4H3,(H,24,27)/t14-,17+,20+,21-,22+,23-/m0/s1. The minimum atomic E-state index is -1.63. The third kappa shape index (κ3) is 7.19. The van der Waals surface area contributed by atoms with Gasteiger partial charge in [0.05, 0.1) is 6.61 Å². The minimum absolute atomic E-state index is 0.0524. The summed E-state index contributed by atoms with van der Waals surface area (Å²) >= 11 is 0. The molecular weight excluding hydrogens is 432 g/mol. The van der Waals surface area contributed by atoms with Crippen molar-refractivity contribution in [3.05, 3.63) is 53.6 Å². The van der Waals surface area contributed by atoms with E-state index in [0.29, 0.717) is 11.1 Å². The Morgan fingerprint density at radius 1 is 1.12 bits per heavy atom. The van der Waals surface area contributed by atoms with Crippen LogP contribution in [0.3, 0.4) is 0 Å². The zero-order valence-electron chi connectivity index (χ0n) is 19.1. The highest BCUT2D eigenvalue weighted by molar-refractivity contribution is 5.99. The van der Waals surface area contributed by atoms with Crippen LogP contribution in [0.5, 0.6) is 0 Å². The number of aliphatic hydroxyl groups is 4. The number of benzene rings is 1. The maximum absolute atomic E-state index is 12.6. The van der Waals surface area contributed by atoms with Gasteiger partial charge in [-0.3, -0.25) is 9.59 Å². The number of amides is 1. The van der Waals surface area contributed by atoms with Gasteiger partial charge < -0.3 is 30.1 Å². The number of allylic oxidation sites excluding steroid dienone is 3. The number of hydrogen-bond acceptors (Lipinski definition) is 9. The summed E-state index contributed by atoms with van der Waals surface area (Å²) in [5, 5.41) is 38.5. The van der Waals surface area contributed by atoms with Crippen LogP contribution in [0.15, 0.2) is 48.1 Å². The van der Waals surface area contributed by atoms with Crippen molar-refractivity contribution in [1.82, 2.24) is 5.48 Å². The van der Waals surface area contributed by atoms with Gasteiger partial charge >= 0.3 is 0 Å². The molecule has 0 bridgehead atoms. The average molecular weight is 465 g/mol. The lowest BCUT2D eigenvalue weighted by atomic mass is 9.97. The predicted octanol–water partition coefficient (Wildman–Crippen LogP) is -0.0784. The molecule has 10 heteroatoms. The van der Waals surface area contributed by atoms with Gasteiger partial charge in [-0.05, 0) is 31.2 Å². The highest BCUT2D eigenvalue weighted by Crippen LogP contribution is 2.21. The molecule has 5 N–H and O–H groups in total. The number of nitrogens with zero attached hydrogens (tertiary/aromatic N) is 1. The molecule has 33 heavy (non-hydrogen) atoms. The number of ether oxygens (including phenoxy) is 1. The Hall–Kier alpha value is -2.60. The molecule has 1 heterocycles. The molecule has 0 aliphatic carbocycles. The summed E-state index contributed by atoms with van der Waals surface area (Å²) in [6.45, 7) is 2.89. The molecular formula is C23H32N2O8. The quantitative estimate of drug-likeness (QED) is 0.146. The van der Waals surface area contributed by atoms with Crippen LogP contribution in [0.4, 0.5) is 5.69 Å². The van der Waals surface area contributed by atoms with Crippen molar-refractivity contribution in [1.29, 1.82) is 0 Å². The van der Waals surface area contributed by atoms with Gasteiger partial charge in [-0.2, -0.15) is 0 Å². The third-order valence-corrected chi connectivity index (χ3v) is 5.22. The lowest BCUT2D eigenvalue weighted by molar-refractivity contribution is -0.312. The summed E-state index contributed by atoms with van der Waals surface area (Å²) in [6, 6.07) is 7.29. The fourth-order valence-corrected chi connectivity index (χ4v) is 3.23. The van der Waals surface area contributed by atoms with Crippen LogP contribution in [-0.4, -0.2) is 83.5 Å². The Morgan fingerprint density at radius 2 is 1.76 bits per heavy atom. The van der Waals surface area contributed by atoms with E-state index in [1.54, 1.807) is 32.1 Å². The summed E-state index contributed by atoms with van der Waals surface area (Å²) in [4.78, 5) is 31.5. The Labute approximate surface area is 192 Å². The Balaban J connectivity index is 1.89. The molecule has 0 radical (unpaired) electrons. The molecule has 0 unspecified atom stereocenters. The van der Waals surface area contributed by atoms with Crippen LogP contribution in [0, 0.1) is 5.92 Å². The number of hydroxylamine groups is 1. The molecule has 2 rings (SSSR count). The fourth-order valence-electron chi connectivity index (χ4n) is 3.23. The number of ketones is 1. The first-order chi connectivity index (χ1) is 15.5. The van der Waals surface area contributed by atoms with E-state index >= 15 is 0 Å². The van der Waals surface area contributed by atoms with Gasteiger partial charge in [0.2, 0.25) is 6.29 Å². The highest BCUT2D eigenvalue weighted by atomic mass is 16.8. The Kier molecular flexibility index (Phi) is 9.71. The molecule has 10 nitrogen and oxygen atoms in total. The topological polar surface area (TPSA) is 149 Å². The minimum Gasteiger partial charge on any atom is -0.394 e. The maximum atomic E-state index is 12.6. The van der Waals surface area contributed by atoms with E-state index in [2.05, 4.69) is 5.48 Å². The van der Waals surface area contributed by atoms with Crippen molar-refractivity contribution in [2.24, 2.45) is 5.92 Å². The van der Waals surface area contributed by atoms with Gasteiger partial charge in [-0.15, -0.1) is 0 Å². The Bertz CT molecular complexity index is 866. The van der Waals surface area contributed by atoms with Crippen molar-refractivity contribution in [3.8, 4) is 0 Å². The van der Waals surface area contributed by atoms with Crippen LogP contribution in [0.1, 0.15) is 24.2 Å². The summed E-state index contributed by atoms with van der Waals surface area (Å²) in [7, 11) is 3.84. The average Bonchev–Trinajstić information content (AvgIpc) is 2.80. The summed E-state index contributed by atoms with van der Waals surface area (Å²) < 4.78 is 5.13. The number of rotatable bonds is 9. The van der Waals surface area contributed by atoms with Crippen molar-refractivity contribution < 1.29 is 39.6 Å². The number of Topliss-reactive ketones (excluding diaryl/α,β-unsaturated/α-hetero) is 1. The second kappa shape index (κ2) is 12.0. The van der Waals surface area contributed by atoms with Gasteiger partial charge in [0.1, 0.15) is 24.4 Å². The van der Waals surface area contributed by atoms with Crippen molar-refractivity contribution in [2.75, 3.05) is 25.6 Å². The molecule has 6 atom stereocenters. The number of hydrogen-bond donors (Lipinski definition) is 5. The van der Waals surface area contributed by atoms with Gasteiger partial charge in [-0.25, -0.2) is 10.3 Å². The van der Waals surface area contributed by atoms with Crippen LogP contribution in [0.2, 0.25) is 0 Å². The molecule has 1 aromatic rings. The number of carbonyl (C=O) groups is 2. The first-order valence-corrected chi connectivity index (χ1v) is 10.5. The molecule has 0 aromatic heterocycles. The van der Waals surface area contributed by atoms with E-state index in [4.69, 9.17) is 14.7 Å².